The molecule has 0 spiro atoms. The summed E-state index contributed by atoms with van der Waals surface area (Å²) in [6.45, 7) is -0.663. The number of aliphatic hydroxyl groups excluding tert-OH is 5. The largest absolute Gasteiger partial charge is 0.394 e. The highest BCUT2D eigenvalue weighted by atomic mass is 16.6. The molecule has 116 valence electrons. The Morgan fingerprint density at radius 2 is 1.70 bits per heavy atom. The molecule has 2 unspecified atom stereocenters. The number of amides is 1. The summed E-state index contributed by atoms with van der Waals surface area (Å²) in [5.74, 6) is -1.52. The highest BCUT2D eigenvalue weighted by molar-refractivity contribution is 5.87. The lowest BCUT2D eigenvalue weighted by molar-refractivity contribution is -0.246. The normalized spacial score (nSPS) is 35.5. The van der Waals surface area contributed by atoms with Crippen LogP contribution >= 0.6 is 0 Å². The highest BCUT2D eigenvalue weighted by Crippen LogP contribution is 2.24. The number of carbonyl (C=O) groups is 2. The summed E-state index contributed by atoms with van der Waals surface area (Å²) in [6, 6.07) is 0. The molecule has 1 heterocycles. The van der Waals surface area contributed by atoms with Gasteiger partial charge in [-0.3, -0.25) is 9.59 Å². The van der Waals surface area contributed by atoms with Gasteiger partial charge in [-0.15, -0.1) is 0 Å². The lowest BCUT2D eigenvalue weighted by Crippen LogP contribution is -2.62. The third-order valence-corrected chi connectivity index (χ3v) is 3.19. The van der Waals surface area contributed by atoms with E-state index in [0.717, 1.165) is 0 Å². The first-order chi connectivity index (χ1) is 9.29. The standard InChI is InChI=1S/C11H19NO8/c12-6(15)2-1-4(14)7(16)11-10(19)9(18)8(17)5(3-13)20-11/h5,7-11,13,16-19H,1-3H2,(H2,12,15)/t5-,7?,8-,9+,10?,11+/m1/s1. The zero-order valence-electron chi connectivity index (χ0n) is 10.6. The number of Topliss-reactive ketones (excluding diaryl/α,β-unsaturated/α-hetero) is 1. The molecule has 9 heteroatoms. The van der Waals surface area contributed by atoms with Gasteiger partial charge in [0.2, 0.25) is 5.91 Å². The first-order valence-corrected chi connectivity index (χ1v) is 6.09. The highest BCUT2D eigenvalue weighted by Gasteiger charge is 2.47. The van der Waals surface area contributed by atoms with Crippen LogP contribution in [0.5, 0.6) is 0 Å². The van der Waals surface area contributed by atoms with E-state index in [1.807, 2.05) is 0 Å². The van der Waals surface area contributed by atoms with E-state index in [-0.39, 0.29) is 12.8 Å². The van der Waals surface area contributed by atoms with Gasteiger partial charge in [0, 0.05) is 12.8 Å². The Labute approximate surface area is 114 Å². The zero-order valence-corrected chi connectivity index (χ0v) is 10.6. The summed E-state index contributed by atoms with van der Waals surface area (Å²) in [7, 11) is 0. The maximum atomic E-state index is 11.6. The van der Waals surface area contributed by atoms with E-state index in [4.69, 9.17) is 15.6 Å². The van der Waals surface area contributed by atoms with Crippen LogP contribution in [0.15, 0.2) is 0 Å². The van der Waals surface area contributed by atoms with E-state index in [2.05, 4.69) is 0 Å². The Morgan fingerprint density at radius 1 is 1.10 bits per heavy atom. The van der Waals surface area contributed by atoms with Crippen LogP contribution in [0.4, 0.5) is 0 Å². The predicted molar refractivity (Wildman–Crippen MR) is 63.2 cm³/mol. The fourth-order valence-electron chi connectivity index (χ4n) is 1.97. The lowest BCUT2D eigenvalue weighted by Gasteiger charge is -2.41. The van der Waals surface area contributed by atoms with Gasteiger partial charge >= 0.3 is 0 Å². The van der Waals surface area contributed by atoms with Crippen molar-refractivity contribution >= 4 is 11.7 Å². The second-order valence-electron chi connectivity index (χ2n) is 4.67. The third-order valence-electron chi connectivity index (χ3n) is 3.19. The van der Waals surface area contributed by atoms with Gasteiger partial charge in [0.25, 0.3) is 0 Å². The molecule has 0 bridgehead atoms. The van der Waals surface area contributed by atoms with Crippen molar-refractivity contribution in [1.82, 2.24) is 0 Å². The number of nitrogens with two attached hydrogens (primary N) is 1. The van der Waals surface area contributed by atoms with E-state index >= 15 is 0 Å². The number of ketones is 1. The summed E-state index contributed by atoms with van der Waals surface area (Å²) in [5.41, 5.74) is 4.87. The van der Waals surface area contributed by atoms with Crippen LogP contribution in [0.3, 0.4) is 0 Å². The summed E-state index contributed by atoms with van der Waals surface area (Å²) in [5, 5.41) is 47.5. The van der Waals surface area contributed by atoms with E-state index in [1.165, 1.54) is 0 Å². The minimum absolute atomic E-state index is 0.271. The van der Waals surface area contributed by atoms with Gasteiger partial charge in [0.05, 0.1) is 6.61 Å². The number of rotatable bonds is 6. The van der Waals surface area contributed by atoms with Crippen LogP contribution in [0.25, 0.3) is 0 Å². The van der Waals surface area contributed by atoms with E-state index in [0.29, 0.717) is 0 Å². The van der Waals surface area contributed by atoms with Gasteiger partial charge < -0.3 is 36.0 Å². The first kappa shape index (κ1) is 17.0. The Balaban J connectivity index is 2.72. The first-order valence-electron chi connectivity index (χ1n) is 6.09. The minimum atomic E-state index is -1.81. The van der Waals surface area contributed by atoms with Gasteiger partial charge in [-0.25, -0.2) is 0 Å². The second kappa shape index (κ2) is 7.07. The van der Waals surface area contributed by atoms with Crippen molar-refractivity contribution in [2.45, 2.75) is 49.5 Å². The fraction of sp³-hybridized carbons (Fsp3) is 0.818. The molecule has 0 aromatic rings. The molecule has 1 fully saturated rings. The molecule has 7 N–H and O–H groups in total. The number of primary amides is 1. The topological polar surface area (TPSA) is 171 Å². The van der Waals surface area contributed by atoms with Gasteiger partial charge in [-0.2, -0.15) is 0 Å². The number of ether oxygens (including phenoxy) is 1. The predicted octanol–water partition coefficient (Wildman–Crippen LogP) is -3.98. The molecule has 9 nitrogen and oxygen atoms in total. The maximum absolute atomic E-state index is 11.6. The third kappa shape index (κ3) is 3.72. The molecule has 1 aliphatic rings. The van der Waals surface area contributed by atoms with Crippen molar-refractivity contribution < 1.29 is 39.9 Å². The molecular weight excluding hydrogens is 274 g/mol. The minimum Gasteiger partial charge on any atom is -0.394 e. The molecule has 1 amide bonds. The number of hydrogen-bond acceptors (Lipinski definition) is 8. The average molecular weight is 293 g/mol. The molecule has 6 atom stereocenters. The molecular formula is C11H19NO8. The molecule has 0 saturated carbocycles. The molecule has 1 rings (SSSR count). The number of aliphatic hydroxyl groups is 5. The molecule has 1 aliphatic heterocycles. The Morgan fingerprint density at radius 3 is 2.20 bits per heavy atom. The van der Waals surface area contributed by atoms with Crippen molar-refractivity contribution in [2.75, 3.05) is 6.61 Å². The van der Waals surface area contributed by atoms with Crippen LogP contribution in [0, 0.1) is 0 Å². The Hall–Kier alpha value is -1.10. The van der Waals surface area contributed by atoms with Gasteiger partial charge in [0.15, 0.2) is 5.78 Å². The zero-order chi connectivity index (χ0) is 15.4. The number of hydrogen-bond donors (Lipinski definition) is 6. The molecule has 0 aromatic carbocycles. The second-order valence-corrected chi connectivity index (χ2v) is 4.67. The smallest absolute Gasteiger partial charge is 0.217 e. The Kier molecular flexibility index (Phi) is 5.99. The van der Waals surface area contributed by atoms with Crippen LogP contribution in [-0.4, -0.2) is 80.5 Å². The van der Waals surface area contributed by atoms with Crippen molar-refractivity contribution in [3.05, 3.63) is 0 Å². The number of carbonyl (C=O) groups excluding carboxylic acids is 2. The molecule has 20 heavy (non-hydrogen) atoms. The summed E-state index contributed by atoms with van der Waals surface area (Å²) in [6.07, 6.45) is -10.1. The quantitative estimate of drug-likeness (QED) is 0.288. The van der Waals surface area contributed by atoms with Crippen molar-refractivity contribution in [3.63, 3.8) is 0 Å². The molecule has 0 aromatic heterocycles. The Bertz CT molecular complexity index is 360. The van der Waals surface area contributed by atoms with Crippen molar-refractivity contribution in [2.24, 2.45) is 5.73 Å². The van der Waals surface area contributed by atoms with Crippen LogP contribution in [0.2, 0.25) is 0 Å². The van der Waals surface area contributed by atoms with Crippen molar-refractivity contribution in [3.8, 4) is 0 Å². The average Bonchev–Trinajstić information content (AvgIpc) is 2.41. The van der Waals surface area contributed by atoms with Gasteiger partial charge in [-0.1, -0.05) is 0 Å². The monoisotopic (exact) mass is 293 g/mol. The van der Waals surface area contributed by atoms with Gasteiger partial charge in [-0.05, 0) is 0 Å². The van der Waals surface area contributed by atoms with Gasteiger partial charge in [0.1, 0.15) is 36.6 Å². The van der Waals surface area contributed by atoms with Crippen LogP contribution < -0.4 is 5.73 Å². The summed E-state index contributed by atoms with van der Waals surface area (Å²) in [4.78, 5) is 22.2. The lowest BCUT2D eigenvalue weighted by atomic mass is 9.90. The molecule has 1 saturated heterocycles. The SMILES string of the molecule is NC(=O)CCC(=O)C(O)[C@@H]1O[C@H](CO)[C@@H](O)[C@H](O)C1O. The van der Waals surface area contributed by atoms with Crippen LogP contribution in [-0.2, 0) is 14.3 Å². The van der Waals surface area contributed by atoms with E-state index < -0.39 is 54.9 Å². The molecule has 0 aliphatic carbocycles. The fourth-order valence-corrected chi connectivity index (χ4v) is 1.97. The molecule has 0 radical (unpaired) electrons. The summed E-state index contributed by atoms with van der Waals surface area (Å²) >= 11 is 0. The van der Waals surface area contributed by atoms with Crippen LogP contribution in [0.1, 0.15) is 12.8 Å². The van der Waals surface area contributed by atoms with E-state index in [1.54, 1.807) is 0 Å². The maximum Gasteiger partial charge on any atom is 0.217 e. The van der Waals surface area contributed by atoms with Crippen molar-refractivity contribution in [1.29, 1.82) is 0 Å². The van der Waals surface area contributed by atoms with E-state index in [9.17, 15) is 30.0 Å². The summed E-state index contributed by atoms with van der Waals surface area (Å²) < 4.78 is 5.02.